The van der Waals surface area contributed by atoms with Crippen molar-refractivity contribution < 1.29 is 9.59 Å². The van der Waals surface area contributed by atoms with Gasteiger partial charge in [0, 0.05) is 56.5 Å². The van der Waals surface area contributed by atoms with Crippen molar-refractivity contribution in [2.24, 2.45) is 0 Å². The van der Waals surface area contributed by atoms with Gasteiger partial charge in [-0.05, 0) is 47.9 Å². The lowest BCUT2D eigenvalue weighted by atomic mass is 10.1. The first-order chi connectivity index (χ1) is 16.6. The average molecular weight is 458 g/mol. The van der Waals surface area contributed by atoms with Crippen LogP contribution in [0.15, 0.2) is 79.1 Å². The van der Waals surface area contributed by atoms with E-state index in [-0.39, 0.29) is 6.04 Å². The van der Waals surface area contributed by atoms with Crippen molar-refractivity contribution in [3.05, 3.63) is 90.3 Å². The number of nitrogens with zero attached hydrogens (tertiary/aromatic N) is 3. The van der Waals surface area contributed by atoms with E-state index >= 15 is 0 Å². The van der Waals surface area contributed by atoms with Crippen LogP contribution in [0.4, 0.5) is 11.4 Å². The van der Waals surface area contributed by atoms with Crippen LogP contribution in [0.5, 0.6) is 0 Å². The topological polar surface area (TPSA) is 77.6 Å². The smallest absolute Gasteiger partial charge is 0.313 e. The van der Waals surface area contributed by atoms with E-state index in [0.29, 0.717) is 12.2 Å². The summed E-state index contributed by atoms with van der Waals surface area (Å²) in [5.41, 5.74) is 4.02. The molecular formula is C27H31N5O2. The van der Waals surface area contributed by atoms with Gasteiger partial charge in [-0.2, -0.15) is 0 Å². The van der Waals surface area contributed by atoms with Gasteiger partial charge in [0.15, 0.2) is 0 Å². The molecular weight excluding hydrogens is 426 g/mol. The second kappa shape index (κ2) is 11.4. The van der Waals surface area contributed by atoms with E-state index in [9.17, 15) is 9.59 Å². The number of rotatable bonds is 7. The maximum Gasteiger partial charge on any atom is 0.313 e. The molecule has 0 saturated carbocycles. The lowest BCUT2D eigenvalue weighted by Gasteiger charge is -2.40. The molecule has 2 amide bonds. The summed E-state index contributed by atoms with van der Waals surface area (Å²) in [7, 11) is 0. The number of piperazine rings is 1. The Balaban J connectivity index is 1.37. The average Bonchev–Trinajstić information content (AvgIpc) is 2.90. The quantitative estimate of drug-likeness (QED) is 0.533. The molecule has 1 unspecified atom stereocenters. The number of benzene rings is 2. The zero-order valence-electron chi connectivity index (χ0n) is 19.5. The van der Waals surface area contributed by atoms with Crippen LogP contribution in [-0.4, -0.2) is 54.4 Å². The molecule has 3 aromatic rings. The van der Waals surface area contributed by atoms with Gasteiger partial charge >= 0.3 is 11.8 Å². The summed E-state index contributed by atoms with van der Waals surface area (Å²) in [5.74, 6) is -1.31. The van der Waals surface area contributed by atoms with E-state index in [1.54, 1.807) is 6.20 Å². The standard InChI is InChI=1S/C27H31N5O2/c1-2-21-10-12-23(13-11-21)30-27(34)26(33)29-20-25(22-7-6-14-28-19-22)32-17-15-31(16-18-32)24-8-4-3-5-9-24/h3-14,19,25H,2,15-18,20H2,1H3,(H,29,33)(H,30,34). The maximum absolute atomic E-state index is 12.6. The first-order valence-electron chi connectivity index (χ1n) is 11.8. The fourth-order valence-corrected chi connectivity index (χ4v) is 4.24. The van der Waals surface area contributed by atoms with Gasteiger partial charge in [0.1, 0.15) is 0 Å². The molecule has 34 heavy (non-hydrogen) atoms. The van der Waals surface area contributed by atoms with Gasteiger partial charge in [-0.3, -0.25) is 19.5 Å². The summed E-state index contributed by atoms with van der Waals surface area (Å²) in [6.45, 7) is 5.88. The lowest BCUT2D eigenvalue weighted by molar-refractivity contribution is -0.136. The second-order valence-corrected chi connectivity index (χ2v) is 8.38. The van der Waals surface area contributed by atoms with Gasteiger partial charge in [-0.25, -0.2) is 0 Å². The molecule has 2 heterocycles. The largest absolute Gasteiger partial charge is 0.369 e. The van der Waals surface area contributed by atoms with Crippen LogP contribution >= 0.6 is 0 Å². The molecule has 0 aliphatic carbocycles. The fourth-order valence-electron chi connectivity index (χ4n) is 4.24. The molecule has 4 rings (SSSR count). The van der Waals surface area contributed by atoms with E-state index in [1.165, 1.54) is 11.3 Å². The van der Waals surface area contributed by atoms with Crippen molar-refractivity contribution in [2.45, 2.75) is 19.4 Å². The van der Waals surface area contributed by atoms with Crippen molar-refractivity contribution in [1.82, 2.24) is 15.2 Å². The highest BCUT2D eigenvalue weighted by atomic mass is 16.2. The molecule has 1 fully saturated rings. The minimum Gasteiger partial charge on any atom is -0.369 e. The van der Waals surface area contributed by atoms with E-state index in [2.05, 4.69) is 56.6 Å². The van der Waals surface area contributed by atoms with Crippen LogP contribution < -0.4 is 15.5 Å². The molecule has 1 atom stereocenters. The zero-order valence-corrected chi connectivity index (χ0v) is 19.5. The van der Waals surface area contributed by atoms with Gasteiger partial charge in [0.25, 0.3) is 0 Å². The molecule has 176 valence electrons. The van der Waals surface area contributed by atoms with Crippen LogP contribution in [0.1, 0.15) is 24.1 Å². The molecule has 1 saturated heterocycles. The highest BCUT2D eigenvalue weighted by molar-refractivity contribution is 6.39. The minimum atomic E-state index is -0.664. The van der Waals surface area contributed by atoms with Crippen LogP contribution in [0.2, 0.25) is 0 Å². The van der Waals surface area contributed by atoms with E-state index in [1.807, 2.05) is 48.7 Å². The Hall–Kier alpha value is -3.71. The predicted octanol–water partition coefficient (Wildman–Crippen LogP) is 3.26. The monoisotopic (exact) mass is 457 g/mol. The van der Waals surface area contributed by atoms with Gasteiger partial charge in [-0.15, -0.1) is 0 Å². The Kier molecular flexibility index (Phi) is 7.88. The molecule has 7 nitrogen and oxygen atoms in total. The molecule has 0 radical (unpaired) electrons. The first-order valence-corrected chi connectivity index (χ1v) is 11.8. The number of hydrogen-bond acceptors (Lipinski definition) is 5. The van der Waals surface area contributed by atoms with Gasteiger partial charge in [0.05, 0.1) is 6.04 Å². The number of para-hydroxylation sites is 1. The Labute approximate surface area is 200 Å². The molecule has 1 aliphatic heterocycles. The molecule has 1 aliphatic rings. The summed E-state index contributed by atoms with van der Waals surface area (Å²) in [4.78, 5) is 34.0. The Morgan fingerprint density at radius 2 is 1.65 bits per heavy atom. The molecule has 7 heteroatoms. The summed E-state index contributed by atoms with van der Waals surface area (Å²) in [6.07, 6.45) is 4.49. The van der Waals surface area contributed by atoms with Crippen molar-refractivity contribution in [1.29, 1.82) is 0 Å². The SMILES string of the molecule is CCc1ccc(NC(=O)C(=O)NCC(c2cccnc2)N2CCN(c3ccccc3)CC2)cc1. The number of aryl methyl sites for hydroxylation is 1. The minimum absolute atomic E-state index is 0.0628. The normalized spacial score (nSPS) is 14.9. The maximum atomic E-state index is 12.6. The van der Waals surface area contributed by atoms with Crippen molar-refractivity contribution in [2.75, 3.05) is 42.9 Å². The highest BCUT2D eigenvalue weighted by Crippen LogP contribution is 2.23. The zero-order chi connectivity index (χ0) is 23.8. The van der Waals surface area contributed by atoms with Crippen LogP contribution in [0.3, 0.4) is 0 Å². The van der Waals surface area contributed by atoms with Crippen LogP contribution in [0, 0.1) is 0 Å². The van der Waals surface area contributed by atoms with E-state index in [4.69, 9.17) is 0 Å². The first kappa shape index (κ1) is 23.4. The van der Waals surface area contributed by atoms with Gasteiger partial charge in [-0.1, -0.05) is 43.3 Å². The number of amides is 2. The van der Waals surface area contributed by atoms with Crippen LogP contribution in [-0.2, 0) is 16.0 Å². The third-order valence-corrected chi connectivity index (χ3v) is 6.23. The summed E-state index contributed by atoms with van der Waals surface area (Å²) < 4.78 is 0. The van der Waals surface area contributed by atoms with E-state index in [0.717, 1.165) is 38.2 Å². The van der Waals surface area contributed by atoms with Gasteiger partial charge in [0.2, 0.25) is 0 Å². The van der Waals surface area contributed by atoms with Crippen molar-refractivity contribution in [3.63, 3.8) is 0 Å². The van der Waals surface area contributed by atoms with Gasteiger partial charge < -0.3 is 15.5 Å². The van der Waals surface area contributed by atoms with E-state index < -0.39 is 11.8 Å². The number of anilines is 2. The Morgan fingerprint density at radius 3 is 2.29 bits per heavy atom. The number of carbonyl (C=O) groups excluding carboxylic acids is 2. The fraction of sp³-hybridized carbons (Fsp3) is 0.296. The second-order valence-electron chi connectivity index (χ2n) is 8.38. The number of nitrogens with one attached hydrogen (secondary N) is 2. The van der Waals surface area contributed by atoms with Crippen LogP contribution in [0.25, 0.3) is 0 Å². The number of carbonyl (C=O) groups is 2. The summed E-state index contributed by atoms with van der Waals surface area (Å²) >= 11 is 0. The van der Waals surface area contributed by atoms with Crippen molar-refractivity contribution >= 4 is 23.2 Å². The lowest BCUT2D eigenvalue weighted by Crippen LogP contribution is -2.50. The predicted molar refractivity (Wildman–Crippen MR) is 135 cm³/mol. The third kappa shape index (κ3) is 5.99. The molecule has 0 bridgehead atoms. The number of aromatic nitrogens is 1. The highest BCUT2D eigenvalue weighted by Gasteiger charge is 2.26. The molecule has 2 N–H and O–H groups in total. The summed E-state index contributed by atoms with van der Waals surface area (Å²) in [5, 5.41) is 5.51. The Bertz CT molecular complexity index is 1070. The third-order valence-electron chi connectivity index (χ3n) is 6.23. The number of pyridine rings is 1. The molecule has 1 aromatic heterocycles. The summed E-state index contributed by atoms with van der Waals surface area (Å²) in [6, 6.07) is 21.8. The molecule has 0 spiro atoms. The number of hydrogen-bond donors (Lipinski definition) is 2. The Morgan fingerprint density at radius 1 is 0.912 bits per heavy atom. The van der Waals surface area contributed by atoms with Crippen molar-refractivity contribution in [3.8, 4) is 0 Å². The molecule has 2 aromatic carbocycles.